The molecule has 3 rings (SSSR count). The second-order valence-electron chi connectivity index (χ2n) is 3.94. The number of amides is 1. The molecule has 1 saturated heterocycles. The highest BCUT2D eigenvalue weighted by molar-refractivity contribution is 7.11. The summed E-state index contributed by atoms with van der Waals surface area (Å²) in [5.41, 5.74) is 0.689. The van der Waals surface area contributed by atoms with Gasteiger partial charge in [0.1, 0.15) is 11.0 Å². The number of thiazole rings is 1. The third-order valence-electron chi connectivity index (χ3n) is 2.66. The molecule has 0 aromatic carbocycles. The van der Waals surface area contributed by atoms with E-state index >= 15 is 0 Å². The summed E-state index contributed by atoms with van der Waals surface area (Å²) in [7, 11) is 0. The minimum atomic E-state index is -0.0125. The molecule has 3 heterocycles. The maximum absolute atomic E-state index is 12.0. The van der Waals surface area contributed by atoms with Crippen LogP contribution in [0.4, 0.5) is 0 Å². The summed E-state index contributed by atoms with van der Waals surface area (Å²) in [5.74, 6) is -0.0125. The van der Waals surface area contributed by atoms with Gasteiger partial charge in [0.05, 0.1) is 18.8 Å². The van der Waals surface area contributed by atoms with Crippen LogP contribution in [0.2, 0.25) is 0 Å². The molecule has 0 bridgehead atoms. The third-order valence-corrected chi connectivity index (χ3v) is 4.14. The van der Waals surface area contributed by atoms with Crippen molar-refractivity contribution in [2.75, 3.05) is 13.1 Å². The predicted octanol–water partition coefficient (Wildman–Crippen LogP) is 1.21. The van der Waals surface area contributed by atoms with Gasteiger partial charge in [-0.1, -0.05) is 15.8 Å². The minimum absolute atomic E-state index is 0.0125. The summed E-state index contributed by atoms with van der Waals surface area (Å²) in [6, 6.07) is 0. The highest BCUT2D eigenvalue weighted by atomic mass is 32.1. The molecule has 2 aromatic heterocycles. The van der Waals surface area contributed by atoms with Gasteiger partial charge in [0.15, 0.2) is 0 Å². The molecule has 8 heteroatoms. The van der Waals surface area contributed by atoms with Crippen molar-refractivity contribution in [2.24, 2.45) is 0 Å². The van der Waals surface area contributed by atoms with Crippen molar-refractivity contribution >= 4 is 28.8 Å². The molecular weight excluding hydrogens is 272 g/mol. The molecule has 18 heavy (non-hydrogen) atoms. The molecule has 2 aromatic rings. The van der Waals surface area contributed by atoms with Gasteiger partial charge in [-0.2, -0.15) is 0 Å². The molecule has 0 N–H and O–H groups in total. The summed E-state index contributed by atoms with van der Waals surface area (Å²) >= 11 is 2.59. The highest BCUT2D eigenvalue weighted by Crippen LogP contribution is 2.22. The number of aromatic nitrogens is 3. The summed E-state index contributed by atoms with van der Waals surface area (Å²) in [6.07, 6.45) is 1.75. The number of ether oxygens (including phenoxy) is 1. The predicted molar refractivity (Wildman–Crippen MR) is 67.1 cm³/mol. The largest absolute Gasteiger partial charge is 0.463 e. The van der Waals surface area contributed by atoms with Crippen LogP contribution in [0.3, 0.4) is 0 Å². The molecule has 1 aliphatic heterocycles. The molecule has 6 nitrogen and oxygen atoms in total. The summed E-state index contributed by atoms with van der Waals surface area (Å²) in [4.78, 5) is 18.4. The Labute approximate surface area is 111 Å². The first-order valence-electron chi connectivity index (χ1n) is 5.38. The van der Waals surface area contributed by atoms with Gasteiger partial charge in [-0.15, -0.1) is 5.10 Å². The Kier molecular flexibility index (Phi) is 2.96. The van der Waals surface area contributed by atoms with Gasteiger partial charge in [0, 0.05) is 11.6 Å². The van der Waals surface area contributed by atoms with Crippen molar-refractivity contribution in [3.63, 3.8) is 0 Å². The summed E-state index contributed by atoms with van der Waals surface area (Å²) in [5, 5.41) is 6.36. The van der Waals surface area contributed by atoms with Crippen LogP contribution in [0.5, 0.6) is 5.19 Å². The van der Waals surface area contributed by atoms with Crippen molar-refractivity contribution < 1.29 is 9.53 Å². The van der Waals surface area contributed by atoms with E-state index in [1.807, 2.05) is 5.38 Å². The molecule has 1 amide bonds. The Morgan fingerprint density at radius 3 is 3.00 bits per heavy atom. The van der Waals surface area contributed by atoms with E-state index in [1.54, 1.807) is 18.0 Å². The first-order valence-corrected chi connectivity index (χ1v) is 7.03. The second-order valence-corrected chi connectivity index (χ2v) is 5.55. The summed E-state index contributed by atoms with van der Waals surface area (Å²) in [6.45, 7) is 2.98. The Hall–Kier alpha value is -1.54. The number of aryl methyl sites for hydroxylation is 1. The van der Waals surface area contributed by atoms with Crippen LogP contribution in [-0.2, 0) is 0 Å². The van der Waals surface area contributed by atoms with Gasteiger partial charge in [0.25, 0.3) is 11.1 Å². The van der Waals surface area contributed by atoms with E-state index in [2.05, 4.69) is 14.6 Å². The standard InChI is InChI=1S/C10H10N4O2S2/c1-6-8(18-13-12-6)9(15)14-4-7(5-14)16-10-11-2-3-17-10/h2-3,7H,4-5H2,1H3. The molecule has 0 saturated carbocycles. The van der Waals surface area contributed by atoms with E-state index < -0.39 is 0 Å². The monoisotopic (exact) mass is 282 g/mol. The quantitative estimate of drug-likeness (QED) is 0.846. The third kappa shape index (κ3) is 2.08. The van der Waals surface area contributed by atoms with E-state index in [1.165, 1.54) is 11.3 Å². The number of carbonyl (C=O) groups excluding carboxylic acids is 1. The fourth-order valence-electron chi connectivity index (χ4n) is 1.66. The van der Waals surface area contributed by atoms with Gasteiger partial charge in [0.2, 0.25) is 0 Å². The van der Waals surface area contributed by atoms with Crippen LogP contribution >= 0.6 is 22.9 Å². The van der Waals surface area contributed by atoms with Crippen molar-refractivity contribution in [1.82, 2.24) is 19.5 Å². The van der Waals surface area contributed by atoms with Crippen molar-refractivity contribution in [1.29, 1.82) is 0 Å². The average Bonchev–Trinajstić information content (AvgIpc) is 2.93. The van der Waals surface area contributed by atoms with Gasteiger partial charge in [-0.25, -0.2) is 4.98 Å². The number of rotatable bonds is 3. The van der Waals surface area contributed by atoms with E-state index in [0.29, 0.717) is 28.9 Å². The number of nitrogens with zero attached hydrogens (tertiary/aromatic N) is 4. The number of likely N-dealkylation sites (tertiary alicyclic amines) is 1. The van der Waals surface area contributed by atoms with Gasteiger partial charge in [-0.05, 0) is 18.5 Å². The maximum atomic E-state index is 12.0. The average molecular weight is 282 g/mol. The van der Waals surface area contributed by atoms with E-state index in [4.69, 9.17) is 4.74 Å². The topological polar surface area (TPSA) is 68.2 Å². The van der Waals surface area contributed by atoms with Gasteiger partial charge < -0.3 is 9.64 Å². The van der Waals surface area contributed by atoms with Crippen LogP contribution in [0.15, 0.2) is 11.6 Å². The van der Waals surface area contributed by atoms with Crippen LogP contribution in [0.1, 0.15) is 15.4 Å². The number of hydrogen-bond acceptors (Lipinski definition) is 7. The van der Waals surface area contributed by atoms with Gasteiger partial charge in [-0.3, -0.25) is 4.79 Å². The molecular formula is C10H10N4O2S2. The number of carbonyl (C=O) groups is 1. The Balaban J connectivity index is 1.56. The number of hydrogen-bond donors (Lipinski definition) is 0. The molecule has 0 atom stereocenters. The fraction of sp³-hybridized carbons (Fsp3) is 0.400. The maximum Gasteiger partial charge on any atom is 0.273 e. The lowest BCUT2D eigenvalue weighted by Gasteiger charge is -2.37. The van der Waals surface area contributed by atoms with E-state index in [9.17, 15) is 4.79 Å². The highest BCUT2D eigenvalue weighted by Gasteiger charge is 2.34. The van der Waals surface area contributed by atoms with Gasteiger partial charge >= 0.3 is 0 Å². The molecule has 94 valence electrons. The van der Waals surface area contributed by atoms with Crippen LogP contribution in [0, 0.1) is 6.92 Å². The second kappa shape index (κ2) is 4.62. The first kappa shape index (κ1) is 11.5. The summed E-state index contributed by atoms with van der Waals surface area (Å²) < 4.78 is 9.37. The normalized spacial score (nSPS) is 15.5. The van der Waals surface area contributed by atoms with E-state index in [-0.39, 0.29) is 12.0 Å². The lowest BCUT2D eigenvalue weighted by Crippen LogP contribution is -2.56. The molecule has 1 fully saturated rings. The smallest absolute Gasteiger partial charge is 0.273 e. The van der Waals surface area contributed by atoms with Crippen LogP contribution in [0.25, 0.3) is 0 Å². The lowest BCUT2D eigenvalue weighted by atomic mass is 10.1. The zero-order valence-electron chi connectivity index (χ0n) is 9.57. The van der Waals surface area contributed by atoms with Crippen molar-refractivity contribution in [3.8, 4) is 5.19 Å². The van der Waals surface area contributed by atoms with Crippen molar-refractivity contribution in [2.45, 2.75) is 13.0 Å². The SMILES string of the molecule is Cc1nnsc1C(=O)N1CC(Oc2nccs2)C1. The zero-order chi connectivity index (χ0) is 12.5. The lowest BCUT2D eigenvalue weighted by molar-refractivity contribution is 0.0180. The Morgan fingerprint density at radius 1 is 1.56 bits per heavy atom. The fourth-order valence-corrected chi connectivity index (χ4v) is 2.84. The molecule has 0 spiro atoms. The Bertz CT molecular complexity index is 548. The molecule has 0 unspecified atom stereocenters. The minimum Gasteiger partial charge on any atom is -0.463 e. The van der Waals surface area contributed by atoms with Crippen LogP contribution in [-0.4, -0.2) is 44.6 Å². The van der Waals surface area contributed by atoms with E-state index in [0.717, 1.165) is 11.5 Å². The molecule has 0 aliphatic carbocycles. The van der Waals surface area contributed by atoms with Crippen molar-refractivity contribution in [3.05, 3.63) is 22.1 Å². The Morgan fingerprint density at radius 2 is 2.39 bits per heavy atom. The van der Waals surface area contributed by atoms with Crippen LogP contribution < -0.4 is 4.74 Å². The zero-order valence-corrected chi connectivity index (χ0v) is 11.2. The molecule has 0 radical (unpaired) electrons. The molecule has 1 aliphatic rings. The first-order chi connectivity index (χ1) is 8.74.